The van der Waals surface area contributed by atoms with Gasteiger partial charge in [0.05, 0.1) is 23.7 Å². The van der Waals surface area contributed by atoms with E-state index in [9.17, 15) is 24.2 Å². The molecule has 8 heteroatoms. The molecule has 6 rings (SSSR count). The number of allylic oxidation sites excluding steroid dienone is 1. The van der Waals surface area contributed by atoms with Gasteiger partial charge in [-0.3, -0.25) is 4.79 Å². The van der Waals surface area contributed by atoms with Gasteiger partial charge in [-0.25, -0.2) is 13.9 Å². The van der Waals surface area contributed by atoms with Crippen molar-refractivity contribution in [3.8, 4) is 5.69 Å². The first-order chi connectivity index (χ1) is 17.5. The summed E-state index contributed by atoms with van der Waals surface area (Å²) in [4.78, 5) is 24.5. The molecule has 4 aliphatic carbocycles. The maximum atomic E-state index is 13.5. The summed E-state index contributed by atoms with van der Waals surface area (Å²) in [5.41, 5.74) is 1.42. The second-order valence-corrected chi connectivity index (χ2v) is 12.0. The van der Waals surface area contributed by atoms with Crippen LogP contribution in [0, 0.1) is 34.4 Å². The molecule has 37 heavy (non-hydrogen) atoms. The third-order valence-corrected chi connectivity index (χ3v) is 10.3. The Morgan fingerprint density at radius 2 is 1.92 bits per heavy atom. The van der Waals surface area contributed by atoms with E-state index in [0.29, 0.717) is 6.42 Å². The molecule has 196 valence electrons. The number of fused-ring (bicyclic) bond motifs is 6. The Morgan fingerprint density at radius 3 is 2.59 bits per heavy atom. The van der Waals surface area contributed by atoms with E-state index in [0.717, 1.165) is 36.2 Å². The van der Waals surface area contributed by atoms with E-state index in [4.69, 9.17) is 4.74 Å². The molecule has 0 bridgehead atoms. The number of carboxylic acids is 1. The molecular weight excluding hydrogens is 475 g/mol. The van der Waals surface area contributed by atoms with Gasteiger partial charge in [0.25, 0.3) is 0 Å². The Kier molecular flexibility index (Phi) is 5.26. The molecular formula is C29H33FN2O5. The number of esters is 1. The molecule has 1 heterocycles. The van der Waals surface area contributed by atoms with E-state index in [-0.39, 0.29) is 41.8 Å². The summed E-state index contributed by atoms with van der Waals surface area (Å²) >= 11 is 0. The van der Waals surface area contributed by atoms with E-state index < -0.39 is 29.1 Å². The molecule has 3 fully saturated rings. The largest absolute Gasteiger partial charge is 0.478 e. The van der Waals surface area contributed by atoms with Gasteiger partial charge in [-0.15, -0.1) is 0 Å². The Balaban J connectivity index is 1.37. The molecule has 2 N–H and O–H groups in total. The molecule has 0 aliphatic heterocycles. The van der Waals surface area contributed by atoms with Crippen LogP contribution in [0.1, 0.15) is 64.1 Å². The van der Waals surface area contributed by atoms with Crippen LogP contribution in [0.4, 0.5) is 4.39 Å². The minimum Gasteiger partial charge on any atom is -0.478 e. The second-order valence-electron chi connectivity index (χ2n) is 12.0. The van der Waals surface area contributed by atoms with Gasteiger partial charge in [0.2, 0.25) is 5.60 Å². The third kappa shape index (κ3) is 3.24. The zero-order valence-corrected chi connectivity index (χ0v) is 21.4. The molecule has 7 atom stereocenters. The fourth-order valence-electron chi connectivity index (χ4n) is 8.77. The summed E-state index contributed by atoms with van der Waals surface area (Å²) in [5.74, 6) is -1.87. The van der Waals surface area contributed by atoms with E-state index in [1.165, 1.54) is 24.6 Å². The lowest BCUT2D eigenvalue weighted by molar-refractivity contribution is -0.209. The van der Waals surface area contributed by atoms with Crippen LogP contribution in [-0.4, -0.2) is 43.6 Å². The van der Waals surface area contributed by atoms with Crippen molar-refractivity contribution in [2.45, 2.75) is 71.0 Å². The van der Waals surface area contributed by atoms with Gasteiger partial charge in [0.1, 0.15) is 5.82 Å². The topological polar surface area (TPSA) is 102 Å². The zero-order valence-electron chi connectivity index (χ0n) is 21.4. The van der Waals surface area contributed by atoms with Crippen molar-refractivity contribution in [2.75, 3.05) is 0 Å². The Hall–Kier alpha value is -3.00. The Labute approximate surface area is 215 Å². The van der Waals surface area contributed by atoms with Gasteiger partial charge in [0.15, 0.2) is 0 Å². The lowest BCUT2D eigenvalue weighted by Crippen LogP contribution is -2.62. The van der Waals surface area contributed by atoms with E-state index >= 15 is 0 Å². The monoisotopic (exact) mass is 508 g/mol. The minimum absolute atomic E-state index is 0.0326. The fourth-order valence-corrected chi connectivity index (χ4v) is 8.77. The number of nitrogens with zero attached hydrogens (tertiary/aromatic N) is 2. The number of carbonyl (C=O) groups excluding carboxylic acids is 1. The molecule has 0 unspecified atom stereocenters. The molecule has 7 nitrogen and oxygen atoms in total. The summed E-state index contributed by atoms with van der Waals surface area (Å²) in [5, 5.41) is 26.6. The van der Waals surface area contributed by atoms with Crippen LogP contribution in [0.25, 0.3) is 11.8 Å². The van der Waals surface area contributed by atoms with E-state index in [1.807, 2.05) is 17.8 Å². The summed E-state index contributed by atoms with van der Waals surface area (Å²) in [7, 11) is 0. The number of carbonyl (C=O) groups is 2. The quantitative estimate of drug-likeness (QED) is 0.590. The smallest absolute Gasteiger partial charge is 0.348 e. The SMILES string of the molecule is CC(=O)O[C@]1(C(=O)O)CC[C@H]2[C@@H]3CCC4=Cc5c(cnn5-c5ccc(F)cc5)C[C@]4(C)[C@H]3[C@@H](O)C[C@@]21C. The highest BCUT2D eigenvalue weighted by atomic mass is 19.1. The third-order valence-electron chi connectivity index (χ3n) is 10.3. The molecule has 4 aliphatic rings. The number of halogens is 1. The van der Waals surface area contributed by atoms with Crippen molar-refractivity contribution < 1.29 is 28.9 Å². The van der Waals surface area contributed by atoms with Crippen molar-refractivity contribution in [3.63, 3.8) is 0 Å². The molecule has 1 aromatic heterocycles. The Bertz CT molecular complexity index is 1320. The van der Waals surface area contributed by atoms with Crippen LogP contribution >= 0.6 is 0 Å². The highest BCUT2D eigenvalue weighted by Crippen LogP contribution is 2.68. The minimum atomic E-state index is -1.61. The number of hydrogen-bond donors (Lipinski definition) is 2. The van der Waals surface area contributed by atoms with Gasteiger partial charge in [-0.05, 0) is 97.6 Å². The number of carboxylic acid groups (broad SMARTS) is 1. The van der Waals surface area contributed by atoms with Gasteiger partial charge in [-0.2, -0.15) is 5.10 Å². The fraction of sp³-hybridized carbons (Fsp3) is 0.552. The molecule has 0 saturated heterocycles. The average Bonchev–Trinajstić information content (AvgIpc) is 3.35. The normalized spacial score (nSPS) is 38.0. The molecule has 0 spiro atoms. The van der Waals surface area contributed by atoms with E-state index in [1.54, 1.807) is 12.1 Å². The maximum Gasteiger partial charge on any atom is 0.348 e. The van der Waals surface area contributed by atoms with Crippen molar-refractivity contribution in [1.82, 2.24) is 9.78 Å². The Morgan fingerprint density at radius 1 is 1.19 bits per heavy atom. The highest BCUT2D eigenvalue weighted by Gasteiger charge is 2.71. The van der Waals surface area contributed by atoms with Gasteiger partial charge >= 0.3 is 11.9 Å². The van der Waals surface area contributed by atoms with Gasteiger partial charge < -0.3 is 14.9 Å². The molecule has 0 radical (unpaired) electrons. The predicted molar refractivity (Wildman–Crippen MR) is 133 cm³/mol. The van der Waals surface area contributed by atoms with Crippen LogP contribution in [0.3, 0.4) is 0 Å². The zero-order chi connectivity index (χ0) is 26.3. The highest BCUT2D eigenvalue weighted by molar-refractivity contribution is 5.83. The van der Waals surface area contributed by atoms with Crippen LogP contribution in [0.15, 0.2) is 36.0 Å². The van der Waals surface area contributed by atoms with Gasteiger partial charge in [0, 0.05) is 12.3 Å². The summed E-state index contributed by atoms with van der Waals surface area (Å²) in [6, 6.07) is 6.29. The van der Waals surface area contributed by atoms with E-state index in [2.05, 4.69) is 18.1 Å². The van der Waals surface area contributed by atoms with Crippen LogP contribution < -0.4 is 0 Å². The van der Waals surface area contributed by atoms with Crippen molar-refractivity contribution in [2.24, 2.45) is 28.6 Å². The van der Waals surface area contributed by atoms with Crippen molar-refractivity contribution in [3.05, 3.63) is 53.1 Å². The number of benzene rings is 1. The van der Waals surface area contributed by atoms with Gasteiger partial charge in [-0.1, -0.05) is 19.4 Å². The molecule has 1 aromatic carbocycles. The first-order valence-electron chi connectivity index (χ1n) is 13.1. The number of aliphatic hydroxyl groups is 1. The number of hydrogen-bond acceptors (Lipinski definition) is 5. The van der Waals surface area contributed by atoms with Crippen molar-refractivity contribution in [1.29, 1.82) is 0 Å². The van der Waals surface area contributed by atoms with Crippen LogP contribution in [0.2, 0.25) is 0 Å². The second kappa shape index (κ2) is 8.00. The standard InChI is InChI=1S/C29H33FN2O5/c1-16(33)37-29(26(35)36)11-10-22-21-9-4-18-12-23-17(15-31-32(23)20-7-5-19(30)6-8-20)13-27(18,2)25(21)24(34)14-28(22,29)3/h5-8,12,15,21-22,24-25,34H,4,9-11,13-14H2,1-3H3,(H,35,36)/t21-,22-,24-,25+,27-,28-,29-/m0/s1. The lowest BCUT2D eigenvalue weighted by Gasteiger charge is -2.60. The first kappa shape index (κ1) is 24.3. The first-order valence-corrected chi connectivity index (χ1v) is 13.1. The van der Waals surface area contributed by atoms with Crippen molar-refractivity contribution >= 4 is 18.0 Å². The molecule has 3 saturated carbocycles. The van der Waals surface area contributed by atoms with Crippen LogP contribution in [-0.2, 0) is 20.7 Å². The molecule has 0 amide bonds. The number of rotatable bonds is 3. The predicted octanol–water partition coefficient (Wildman–Crippen LogP) is 4.55. The summed E-state index contributed by atoms with van der Waals surface area (Å²) in [6.45, 7) is 5.39. The summed E-state index contributed by atoms with van der Waals surface area (Å²) < 4.78 is 20.9. The number of aliphatic carboxylic acids is 1. The average molecular weight is 509 g/mol. The maximum absolute atomic E-state index is 13.5. The van der Waals surface area contributed by atoms with Crippen LogP contribution in [0.5, 0.6) is 0 Å². The molecule has 2 aromatic rings. The number of ether oxygens (including phenoxy) is 1. The summed E-state index contributed by atoms with van der Waals surface area (Å²) in [6.07, 6.45) is 6.97. The lowest BCUT2D eigenvalue weighted by atomic mass is 9.45. The number of aromatic nitrogens is 2. The number of aliphatic hydroxyl groups excluding tert-OH is 1.